The van der Waals surface area contributed by atoms with Crippen LogP contribution < -0.4 is 5.32 Å². The van der Waals surface area contributed by atoms with Crippen molar-refractivity contribution in [2.75, 3.05) is 34.3 Å². The number of hydrogen-bond acceptors (Lipinski definition) is 4. The maximum atomic E-state index is 11.1. The monoisotopic (exact) mass is 204 g/mol. The Labute approximate surface area is 82.8 Å². The molecule has 6 nitrogen and oxygen atoms in total. The van der Waals surface area contributed by atoms with Crippen LogP contribution in [0.4, 0.5) is 0 Å². The maximum Gasteiger partial charge on any atom is 0.334 e. The average Bonchev–Trinajstić information content (AvgIpc) is 2.03. The van der Waals surface area contributed by atoms with Crippen LogP contribution in [0.1, 0.15) is 0 Å². The summed E-state index contributed by atoms with van der Waals surface area (Å²) in [6, 6.07) is 0. The van der Waals surface area contributed by atoms with E-state index in [9.17, 15) is 9.59 Å². The van der Waals surface area contributed by atoms with Gasteiger partial charge in [0.1, 0.15) is 0 Å². The summed E-state index contributed by atoms with van der Waals surface area (Å²) >= 11 is 0. The molecule has 0 aliphatic carbocycles. The molecule has 1 amide bonds. The molecule has 0 spiro atoms. The largest absolute Gasteiger partial charge is 0.479 e. The molecular weight excluding hydrogens is 188 g/mol. The summed E-state index contributed by atoms with van der Waals surface area (Å²) in [6.07, 6.45) is -0.985. The summed E-state index contributed by atoms with van der Waals surface area (Å²) in [5.41, 5.74) is 0. The number of nitrogens with one attached hydrogen (secondary N) is 1. The average molecular weight is 204 g/mol. The Balaban J connectivity index is 3.80. The second-order valence-corrected chi connectivity index (χ2v) is 3.10. The van der Waals surface area contributed by atoms with Crippen molar-refractivity contribution < 1.29 is 19.4 Å². The van der Waals surface area contributed by atoms with Gasteiger partial charge in [-0.05, 0) is 14.1 Å². The van der Waals surface area contributed by atoms with Crippen molar-refractivity contribution in [1.82, 2.24) is 10.2 Å². The summed E-state index contributed by atoms with van der Waals surface area (Å²) in [4.78, 5) is 23.3. The van der Waals surface area contributed by atoms with Gasteiger partial charge >= 0.3 is 5.97 Å². The molecule has 6 heteroatoms. The highest BCUT2D eigenvalue weighted by Crippen LogP contribution is 1.87. The van der Waals surface area contributed by atoms with Crippen LogP contribution in [0.5, 0.6) is 0 Å². The van der Waals surface area contributed by atoms with Crippen molar-refractivity contribution >= 4 is 11.9 Å². The van der Waals surface area contributed by atoms with E-state index in [1.54, 1.807) is 19.0 Å². The molecule has 0 bridgehead atoms. The Morgan fingerprint density at radius 3 is 2.43 bits per heavy atom. The van der Waals surface area contributed by atoms with Crippen LogP contribution in [0.15, 0.2) is 0 Å². The number of nitrogens with zero attached hydrogens (tertiary/aromatic N) is 1. The normalized spacial score (nSPS) is 12.6. The molecule has 0 heterocycles. The highest BCUT2D eigenvalue weighted by atomic mass is 16.5. The number of amides is 1. The van der Waals surface area contributed by atoms with Gasteiger partial charge < -0.3 is 20.1 Å². The molecule has 2 N–H and O–H groups in total. The first kappa shape index (κ1) is 12.9. The van der Waals surface area contributed by atoms with Gasteiger partial charge in [0, 0.05) is 7.11 Å². The summed E-state index contributed by atoms with van der Waals surface area (Å²) in [5, 5.41) is 11.0. The number of likely N-dealkylation sites (N-methyl/N-ethyl adjacent to an activating group) is 1. The highest BCUT2D eigenvalue weighted by Gasteiger charge is 2.16. The lowest BCUT2D eigenvalue weighted by atomic mass is 10.3. The number of rotatable bonds is 6. The molecule has 0 saturated carbocycles. The number of methoxy groups -OCH3 is 1. The van der Waals surface area contributed by atoms with E-state index in [-0.39, 0.29) is 19.0 Å². The van der Waals surface area contributed by atoms with E-state index in [1.807, 2.05) is 0 Å². The minimum Gasteiger partial charge on any atom is -0.479 e. The van der Waals surface area contributed by atoms with E-state index in [0.29, 0.717) is 0 Å². The number of carbonyl (C=O) groups excluding carboxylic acids is 1. The molecule has 0 aromatic rings. The van der Waals surface area contributed by atoms with Gasteiger partial charge in [-0.2, -0.15) is 0 Å². The molecule has 0 fully saturated rings. The number of hydrogen-bond donors (Lipinski definition) is 2. The predicted molar refractivity (Wildman–Crippen MR) is 50.0 cm³/mol. The van der Waals surface area contributed by atoms with Crippen LogP contribution in [-0.4, -0.2) is 62.3 Å². The van der Waals surface area contributed by atoms with E-state index < -0.39 is 12.1 Å². The third-order valence-corrected chi connectivity index (χ3v) is 1.50. The van der Waals surface area contributed by atoms with Gasteiger partial charge in [-0.1, -0.05) is 0 Å². The lowest BCUT2D eigenvalue weighted by molar-refractivity contribution is -0.148. The molecule has 0 aliphatic heterocycles. The number of carboxylic acids is 1. The number of carboxylic acid groups (broad SMARTS) is 1. The fourth-order valence-electron chi connectivity index (χ4n) is 0.821. The zero-order chi connectivity index (χ0) is 11.1. The standard InChI is InChI=1S/C8H16N2O4/c1-10(2)5-7(11)9-4-6(14-3)8(12)13/h6H,4-5H2,1-3H3,(H,9,11)(H,12,13). The smallest absolute Gasteiger partial charge is 0.334 e. The number of ether oxygens (including phenoxy) is 1. The number of carbonyl (C=O) groups is 2. The molecule has 14 heavy (non-hydrogen) atoms. The van der Waals surface area contributed by atoms with Crippen molar-refractivity contribution in [1.29, 1.82) is 0 Å². The van der Waals surface area contributed by atoms with Gasteiger partial charge in [-0.3, -0.25) is 4.79 Å². The molecule has 82 valence electrons. The Kier molecular flexibility index (Phi) is 5.82. The highest BCUT2D eigenvalue weighted by molar-refractivity contribution is 5.79. The molecule has 1 unspecified atom stereocenters. The minimum atomic E-state index is -1.09. The second-order valence-electron chi connectivity index (χ2n) is 3.10. The van der Waals surface area contributed by atoms with Gasteiger partial charge in [0.15, 0.2) is 6.10 Å². The van der Waals surface area contributed by atoms with Crippen LogP contribution in [-0.2, 0) is 14.3 Å². The first-order valence-corrected chi connectivity index (χ1v) is 4.14. The van der Waals surface area contributed by atoms with Crippen LogP contribution in [0.3, 0.4) is 0 Å². The topological polar surface area (TPSA) is 78.9 Å². The molecule has 0 aliphatic rings. The molecule has 1 atom stereocenters. The van der Waals surface area contributed by atoms with Gasteiger partial charge in [0.25, 0.3) is 0 Å². The van der Waals surface area contributed by atoms with Gasteiger partial charge in [0.05, 0.1) is 13.1 Å². The Hall–Kier alpha value is -1.14. The lowest BCUT2D eigenvalue weighted by Gasteiger charge is -2.13. The Bertz CT molecular complexity index is 206. The summed E-state index contributed by atoms with van der Waals surface area (Å²) in [5.74, 6) is -1.31. The van der Waals surface area contributed by atoms with Crippen molar-refractivity contribution in [3.8, 4) is 0 Å². The molecule has 0 rings (SSSR count). The van der Waals surface area contributed by atoms with Crippen molar-refractivity contribution in [3.63, 3.8) is 0 Å². The quantitative estimate of drug-likeness (QED) is 0.566. The van der Waals surface area contributed by atoms with Crippen LogP contribution in [0, 0.1) is 0 Å². The second kappa shape index (κ2) is 6.33. The van der Waals surface area contributed by atoms with E-state index in [2.05, 4.69) is 10.1 Å². The first-order chi connectivity index (χ1) is 6.47. The molecule has 0 aromatic heterocycles. The molecule has 0 radical (unpaired) electrons. The molecule has 0 saturated heterocycles. The van der Waals surface area contributed by atoms with Gasteiger partial charge in [-0.25, -0.2) is 4.79 Å². The molecule has 0 aromatic carbocycles. The lowest BCUT2D eigenvalue weighted by Crippen LogP contribution is -2.41. The maximum absolute atomic E-state index is 11.1. The third-order valence-electron chi connectivity index (χ3n) is 1.50. The van der Waals surface area contributed by atoms with Crippen molar-refractivity contribution in [2.45, 2.75) is 6.10 Å². The van der Waals surface area contributed by atoms with E-state index >= 15 is 0 Å². The van der Waals surface area contributed by atoms with Crippen molar-refractivity contribution in [2.24, 2.45) is 0 Å². The predicted octanol–water partition coefficient (Wildman–Crippen LogP) is -1.24. The first-order valence-electron chi connectivity index (χ1n) is 4.14. The van der Waals surface area contributed by atoms with Gasteiger partial charge in [-0.15, -0.1) is 0 Å². The summed E-state index contributed by atoms with van der Waals surface area (Å²) < 4.78 is 4.64. The van der Waals surface area contributed by atoms with E-state index in [0.717, 1.165) is 0 Å². The zero-order valence-electron chi connectivity index (χ0n) is 8.61. The van der Waals surface area contributed by atoms with Crippen LogP contribution in [0.2, 0.25) is 0 Å². The fourth-order valence-corrected chi connectivity index (χ4v) is 0.821. The minimum absolute atomic E-state index is 0.0154. The summed E-state index contributed by atoms with van der Waals surface area (Å²) in [6.45, 7) is 0.217. The third kappa shape index (κ3) is 5.50. The zero-order valence-corrected chi connectivity index (χ0v) is 8.61. The van der Waals surface area contributed by atoms with Crippen LogP contribution in [0.25, 0.3) is 0 Å². The van der Waals surface area contributed by atoms with Crippen molar-refractivity contribution in [3.05, 3.63) is 0 Å². The van der Waals surface area contributed by atoms with E-state index in [4.69, 9.17) is 5.11 Å². The fraction of sp³-hybridized carbons (Fsp3) is 0.750. The SMILES string of the molecule is COC(CNC(=O)CN(C)C)C(=O)O. The number of aliphatic carboxylic acids is 1. The van der Waals surface area contributed by atoms with E-state index in [1.165, 1.54) is 7.11 Å². The summed E-state index contributed by atoms with van der Waals surface area (Å²) in [7, 11) is 4.80. The molecular formula is C8H16N2O4. The Morgan fingerprint density at radius 2 is 2.07 bits per heavy atom. The Morgan fingerprint density at radius 1 is 1.50 bits per heavy atom. The van der Waals surface area contributed by atoms with Gasteiger partial charge in [0.2, 0.25) is 5.91 Å². The van der Waals surface area contributed by atoms with Crippen LogP contribution >= 0.6 is 0 Å².